The molecule has 3 heterocycles. The van der Waals surface area contributed by atoms with Crippen LogP contribution in [0.15, 0.2) is 91.0 Å². The summed E-state index contributed by atoms with van der Waals surface area (Å²) in [5.74, 6) is 0.959. The molecule has 1 spiro atoms. The van der Waals surface area contributed by atoms with E-state index in [2.05, 4.69) is 11.0 Å². The van der Waals surface area contributed by atoms with Gasteiger partial charge >= 0.3 is 6.09 Å². The summed E-state index contributed by atoms with van der Waals surface area (Å²) >= 11 is 6.96. The number of pyridine rings is 1. The molecule has 2 fully saturated rings. The van der Waals surface area contributed by atoms with Crippen LogP contribution in [0, 0.1) is 5.41 Å². The summed E-state index contributed by atoms with van der Waals surface area (Å²) in [6.07, 6.45) is 1.84. The Morgan fingerprint density at radius 3 is 2.02 bits per heavy atom. The molecule has 2 aliphatic rings. The van der Waals surface area contributed by atoms with E-state index in [0.29, 0.717) is 30.0 Å². The van der Waals surface area contributed by atoms with Crippen LogP contribution in [0.5, 0.6) is 11.8 Å². The summed E-state index contributed by atoms with van der Waals surface area (Å²) < 4.78 is 17.8. The Morgan fingerprint density at radius 2 is 1.42 bits per heavy atom. The summed E-state index contributed by atoms with van der Waals surface area (Å²) in [4.78, 5) is 21.4. The summed E-state index contributed by atoms with van der Waals surface area (Å²) in [5.41, 5.74) is 4.57. The highest BCUT2D eigenvalue weighted by molar-refractivity contribution is 6.33. The molecule has 234 valence electrons. The molecule has 1 amide bonds. The Balaban J connectivity index is 1.14. The van der Waals surface area contributed by atoms with Crippen LogP contribution in [0.2, 0.25) is 5.02 Å². The third-order valence-electron chi connectivity index (χ3n) is 8.42. The number of nitrogens with zero attached hydrogens (tertiary/aromatic N) is 3. The van der Waals surface area contributed by atoms with Crippen molar-refractivity contribution in [1.29, 1.82) is 0 Å². The number of benzene rings is 3. The number of carbonyl (C=O) groups excluding carboxylic acids is 1. The van der Waals surface area contributed by atoms with Crippen LogP contribution in [-0.2, 0) is 18.0 Å². The van der Waals surface area contributed by atoms with Crippen molar-refractivity contribution in [1.82, 2.24) is 9.88 Å². The Labute approximate surface area is 270 Å². The molecule has 7 nitrogen and oxygen atoms in total. The molecule has 2 saturated heterocycles. The number of hydrogen-bond acceptors (Lipinski definition) is 6. The SMILES string of the molecule is CC(C)(C)OC(=O)N1CC2(CCN(c3ccc(-c4ccc(OCc5ccccc5)nc4OCc4ccccc4)c(Cl)c3)CC2)C1. The molecule has 0 unspecified atom stereocenters. The van der Waals surface area contributed by atoms with E-state index in [4.69, 9.17) is 30.8 Å². The highest BCUT2D eigenvalue weighted by Crippen LogP contribution is 2.43. The molecule has 6 rings (SSSR count). The van der Waals surface area contributed by atoms with Crippen molar-refractivity contribution in [2.75, 3.05) is 31.1 Å². The molecule has 0 bridgehead atoms. The van der Waals surface area contributed by atoms with Gasteiger partial charge in [0.25, 0.3) is 0 Å². The predicted octanol–water partition coefficient (Wildman–Crippen LogP) is 8.40. The van der Waals surface area contributed by atoms with Gasteiger partial charge in [-0.3, -0.25) is 0 Å². The average molecular weight is 626 g/mol. The van der Waals surface area contributed by atoms with Crippen molar-refractivity contribution >= 4 is 23.4 Å². The van der Waals surface area contributed by atoms with Crippen molar-refractivity contribution in [3.8, 4) is 22.9 Å². The summed E-state index contributed by atoms with van der Waals surface area (Å²) in [6.45, 7) is 9.86. The fourth-order valence-electron chi connectivity index (χ4n) is 5.97. The largest absolute Gasteiger partial charge is 0.473 e. The van der Waals surface area contributed by atoms with Crippen LogP contribution in [0.25, 0.3) is 11.1 Å². The average Bonchev–Trinajstić information content (AvgIpc) is 3.02. The number of halogens is 1. The molecule has 45 heavy (non-hydrogen) atoms. The van der Waals surface area contributed by atoms with Gasteiger partial charge in [0, 0.05) is 54.5 Å². The Morgan fingerprint density at radius 1 is 0.822 bits per heavy atom. The number of aromatic nitrogens is 1. The van der Waals surface area contributed by atoms with Crippen molar-refractivity contribution in [2.45, 2.75) is 52.4 Å². The number of hydrogen-bond donors (Lipinski definition) is 0. The van der Waals surface area contributed by atoms with E-state index in [-0.39, 0.29) is 11.5 Å². The lowest BCUT2D eigenvalue weighted by Crippen LogP contribution is -2.62. The standard InChI is InChI=1S/C37H40ClN3O4/c1-36(2,3)45-35(42)41-25-37(26-41)18-20-40(21-19-37)29-14-15-30(32(38)22-29)31-16-17-33(43-23-27-10-6-4-7-11-27)39-34(31)44-24-28-12-8-5-9-13-28/h4-17,22H,18-21,23-26H2,1-3H3. The number of amides is 1. The maximum atomic E-state index is 12.4. The lowest BCUT2D eigenvalue weighted by molar-refractivity contribution is -0.0434. The molecular weight excluding hydrogens is 586 g/mol. The maximum absolute atomic E-state index is 12.4. The first-order valence-electron chi connectivity index (χ1n) is 15.5. The van der Waals surface area contributed by atoms with Gasteiger partial charge in [-0.05, 0) is 62.9 Å². The topological polar surface area (TPSA) is 64.1 Å². The van der Waals surface area contributed by atoms with E-state index < -0.39 is 5.60 Å². The van der Waals surface area contributed by atoms with Gasteiger partial charge in [-0.2, -0.15) is 4.98 Å². The molecule has 0 radical (unpaired) electrons. The first kappa shape index (κ1) is 30.8. The number of ether oxygens (including phenoxy) is 3. The molecule has 8 heteroatoms. The van der Waals surface area contributed by atoms with E-state index in [1.54, 1.807) is 0 Å². The van der Waals surface area contributed by atoms with Crippen LogP contribution in [0.3, 0.4) is 0 Å². The number of piperidine rings is 1. The zero-order valence-corrected chi connectivity index (χ0v) is 26.9. The van der Waals surface area contributed by atoms with Crippen LogP contribution < -0.4 is 14.4 Å². The molecule has 2 aliphatic heterocycles. The highest BCUT2D eigenvalue weighted by atomic mass is 35.5. The fourth-order valence-corrected chi connectivity index (χ4v) is 6.25. The quantitative estimate of drug-likeness (QED) is 0.196. The van der Waals surface area contributed by atoms with Gasteiger partial charge in [-0.25, -0.2) is 4.79 Å². The van der Waals surface area contributed by atoms with Gasteiger partial charge in [0.05, 0.1) is 5.02 Å². The Bertz CT molecular complexity index is 1610. The highest BCUT2D eigenvalue weighted by Gasteiger charge is 2.47. The maximum Gasteiger partial charge on any atom is 0.410 e. The summed E-state index contributed by atoms with van der Waals surface area (Å²) in [6, 6.07) is 30.1. The van der Waals surface area contributed by atoms with E-state index in [0.717, 1.165) is 67.0 Å². The second kappa shape index (κ2) is 13.0. The second-order valence-electron chi connectivity index (χ2n) is 13.0. The van der Waals surface area contributed by atoms with Gasteiger partial charge in [0.1, 0.15) is 18.8 Å². The molecule has 0 aliphatic carbocycles. The minimum absolute atomic E-state index is 0.179. The summed E-state index contributed by atoms with van der Waals surface area (Å²) in [7, 11) is 0. The molecule has 4 aromatic rings. The number of rotatable bonds is 8. The van der Waals surface area contributed by atoms with Crippen LogP contribution in [0.1, 0.15) is 44.7 Å². The van der Waals surface area contributed by atoms with Gasteiger partial charge < -0.3 is 24.0 Å². The van der Waals surface area contributed by atoms with E-state index in [9.17, 15) is 4.79 Å². The minimum Gasteiger partial charge on any atom is -0.473 e. The smallest absolute Gasteiger partial charge is 0.410 e. The number of carbonyl (C=O) groups is 1. The lowest BCUT2D eigenvalue weighted by atomic mass is 9.72. The molecule has 0 N–H and O–H groups in total. The first-order valence-corrected chi connectivity index (χ1v) is 15.9. The number of likely N-dealkylation sites (tertiary alicyclic amines) is 1. The van der Waals surface area contributed by atoms with Gasteiger partial charge in [0.15, 0.2) is 0 Å². The minimum atomic E-state index is -0.475. The second-order valence-corrected chi connectivity index (χ2v) is 13.4. The molecule has 3 aromatic carbocycles. The number of anilines is 1. The Hall–Kier alpha value is -4.23. The normalized spacial score (nSPS) is 15.8. The monoisotopic (exact) mass is 625 g/mol. The zero-order valence-electron chi connectivity index (χ0n) is 26.2. The van der Waals surface area contributed by atoms with E-state index in [1.165, 1.54) is 0 Å². The lowest BCUT2D eigenvalue weighted by Gasteiger charge is -2.54. The van der Waals surface area contributed by atoms with Crippen LogP contribution in [0.4, 0.5) is 10.5 Å². The van der Waals surface area contributed by atoms with Gasteiger partial charge in [-0.1, -0.05) is 78.3 Å². The van der Waals surface area contributed by atoms with Crippen molar-refractivity contribution < 1.29 is 19.0 Å². The van der Waals surface area contributed by atoms with Crippen molar-refractivity contribution in [3.63, 3.8) is 0 Å². The molecule has 1 aromatic heterocycles. The Kier molecular flexibility index (Phi) is 8.90. The summed E-state index contributed by atoms with van der Waals surface area (Å²) in [5, 5.41) is 0.636. The van der Waals surface area contributed by atoms with Crippen molar-refractivity contribution in [2.24, 2.45) is 5.41 Å². The molecule has 0 atom stereocenters. The van der Waals surface area contributed by atoms with E-state index in [1.807, 2.05) is 111 Å². The van der Waals surface area contributed by atoms with E-state index >= 15 is 0 Å². The molecule has 0 saturated carbocycles. The third kappa shape index (κ3) is 7.54. The fraction of sp³-hybridized carbons (Fsp3) is 0.351. The van der Waals surface area contributed by atoms with Gasteiger partial charge in [0.2, 0.25) is 11.8 Å². The van der Waals surface area contributed by atoms with Crippen LogP contribution in [-0.4, -0.2) is 47.8 Å². The van der Waals surface area contributed by atoms with Crippen LogP contribution >= 0.6 is 11.6 Å². The van der Waals surface area contributed by atoms with Gasteiger partial charge in [-0.15, -0.1) is 0 Å². The predicted molar refractivity (Wildman–Crippen MR) is 178 cm³/mol. The molecular formula is C37H40ClN3O4. The first-order chi connectivity index (χ1) is 21.7. The third-order valence-corrected chi connectivity index (χ3v) is 8.73. The van der Waals surface area contributed by atoms with Crippen molar-refractivity contribution in [3.05, 3.63) is 107 Å². The zero-order chi connectivity index (χ0) is 31.4.